The Kier molecular flexibility index (Phi) is 4.34. The van der Waals surface area contributed by atoms with Crippen LogP contribution in [-0.4, -0.2) is 27.8 Å². The second-order valence-electron chi connectivity index (χ2n) is 4.66. The molecule has 1 aromatic heterocycles. The van der Waals surface area contributed by atoms with Crippen LogP contribution in [0.1, 0.15) is 11.1 Å². The minimum atomic E-state index is -0.284. The SMILES string of the molecule is CN(Cc1cnn(C)c1)C(=O)NCc1ccc(F)cc1. The molecule has 20 heavy (non-hydrogen) atoms. The molecule has 0 aliphatic rings. The molecule has 1 heterocycles. The third-order valence-corrected chi connectivity index (χ3v) is 2.88. The van der Waals surface area contributed by atoms with Gasteiger partial charge in [-0.05, 0) is 17.7 Å². The fraction of sp³-hybridized carbons (Fsp3) is 0.286. The number of nitrogens with one attached hydrogen (secondary N) is 1. The highest BCUT2D eigenvalue weighted by Crippen LogP contribution is 2.04. The van der Waals surface area contributed by atoms with Crippen molar-refractivity contribution in [2.24, 2.45) is 7.05 Å². The summed E-state index contributed by atoms with van der Waals surface area (Å²) in [7, 11) is 3.55. The fourth-order valence-electron chi connectivity index (χ4n) is 1.81. The first-order valence-electron chi connectivity index (χ1n) is 6.25. The normalized spacial score (nSPS) is 10.3. The Morgan fingerprint density at radius 2 is 2.05 bits per heavy atom. The molecule has 5 nitrogen and oxygen atoms in total. The van der Waals surface area contributed by atoms with Gasteiger partial charge in [-0.2, -0.15) is 5.10 Å². The van der Waals surface area contributed by atoms with Crippen LogP contribution in [0.3, 0.4) is 0 Å². The number of halogens is 1. The summed E-state index contributed by atoms with van der Waals surface area (Å²) in [5.74, 6) is -0.284. The Labute approximate surface area is 117 Å². The zero-order chi connectivity index (χ0) is 14.5. The van der Waals surface area contributed by atoms with Crippen molar-refractivity contribution in [2.45, 2.75) is 13.1 Å². The molecule has 0 saturated heterocycles. The van der Waals surface area contributed by atoms with Gasteiger partial charge in [0.2, 0.25) is 0 Å². The number of benzene rings is 1. The van der Waals surface area contributed by atoms with Crippen LogP contribution in [-0.2, 0) is 20.1 Å². The van der Waals surface area contributed by atoms with Gasteiger partial charge in [0.05, 0.1) is 12.7 Å². The van der Waals surface area contributed by atoms with E-state index in [0.29, 0.717) is 13.1 Å². The van der Waals surface area contributed by atoms with Crippen LogP contribution in [0.25, 0.3) is 0 Å². The van der Waals surface area contributed by atoms with E-state index in [-0.39, 0.29) is 11.8 Å². The molecule has 0 spiro atoms. The molecule has 6 heteroatoms. The first-order chi connectivity index (χ1) is 9.54. The van der Waals surface area contributed by atoms with Crippen LogP contribution in [0.4, 0.5) is 9.18 Å². The molecule has 0 aliphatic heterocycles. The molecule has 106 valence electrons. The fourth-order valence-corrected chi connectivity index (χ4v) is 1.81. The minimum absolute atomic E-state index is 0.182. The number of carbonyl (C=O) groups is 1. The van der Waals surface area contributed by atoms with Crippen molar-refractivity contribution >= 4 is 6.03 Å². The van der Waals surface area contributed by atoms with E-state index in [9.17, 15) is 9.18 Å². The topological polar surface area (TPSA) is 50.2 Å². The molecule has 0 saturated carbocycles. The van der Waals surface area contributed by atoms with E-state index in [1.165, 1.54) is 12.1 Å². The van der Waals surface area contributed by atoms with Gasteiger partial charge in [-0.15, -0.1) is 0 Å². The number of urea groups is 1. The maximum atomic E-state index is 12.8. The van der Waals surface area contributed by atoms with Gasteiger partial charge in [-0.1, -0.05) is 12.1 Å². The summed E-state index contributed by atoms with van der Waals surface area (Å²) in [5, 5.41) is 6.84. The van der Waals surface area contributed by atoms with E-state index in [1.807, 2.05) is 13.2 Å². The summed E-state index contributed by atoms with van der Waals surface area (Å²) in [6.45, 7) is 0.861. The molecule has 2 rings (SSSR count). The van der Waals surface area contributed by atoms with Crippen molar-refractivity contribution in [3.8, 4) is 0 Å². The van der Waals surface area contributed by atoms with Gasteiger partial charge in [0.15, 0.2) is 0 Å². The average Bonchev–Trinajstić information content (AvgIpc) is 2.83. The number of hydrogen-bond acceptors (Lipinski definition) is 2. The maximum absolute atomic E-state index is 12.8. The van der Waals surface area contributed by atoms with Crippen LogP contribution in [0, 0.1) is 5.82 Å². The van der Waals surface area contributed by atoms with Crippen molar-refractivity contribution in [1.29, 1.82) is 0 Å². The Balaban J connectivity index is 1.83. The summed E-state index contributed by atoms with van der Waals surface area (Å²) in [6, 6.07) is 5.87. The number of rotatable bonds is 4. The van der Waals surface area contributed by atoms with Crippen LogP contribution in [0.2, 0.25) is 0 Å². The van der Waals surface area contributed by atoms with E-state index in [0.717, 1.165) is 11.1 Å². The Morgan fingerprint density at radius 3 is 2.65 bits per heavy atom. The average molecular weight is 276 g/mol. The quantitative estimate of drug-likeness (QED) is 0.927. The molecular weight excluding hydrogens is 259 g/mol. The number of aryl methyl sites for hydroxylation is 1. The van der Waals surface area contributed by atoms with E-state index in [2.05, 4.69) is 10.4 Å². The van der Waals surface area contributed by atoms with Crippen molar-refractivity contribution in [1.82, 2.24) is 20.0 Å². The lowest BCUT2D eigenvalue weighted by molar-refractivity contribution is 0.206. The molecule has 0 radical (unpaired) electrons. The van der Waals surface area contributed by atoms with Gasteiger partial charge in [-0.25, -0.2) is 9.18 Å². The number of aromatic nitrogens is 2. The maximum Gasteiger partial charge on any atom is 0.317 e. The van der Waals surface area contributed by atoms with Gasteiger partial charge < -0.3 is 10.2 Å². The van der Waals surface area contributed by atoms with Crippen LogP contribution in [0.15, 0.2) is 36.7 Å². The highest BCUT2D eigenvalue weighted by Gasteiger charge is 2.09. The number of amides is 2. The smallest absolute Gasteiger partial charge is 0.317 e. The molecule has 0 aliphatic carbocycles. The highest BCUT2D eigenvalue weighted by molar-refractivity contribution is 5.73. The lowest BCUT2D eigenvalue weighted by Crippen LogP contribution is -2.36. The molecule has 1 N–H and O–H groups in total. The number of hydrogen-bond donors (Lipinski definition) is 1. The zero-order valence-electron chi connectivity index (χ0n) is 11.5. The first-order valence-corrected chi connectivity index (χ1v) is 6.25. The van der Waals surface area contributed by atoms with Gasteiger partial charge >= 0.3 is 6.03 Å². The largest absolute Gasteiger partial charge is 0.334 e. The van der Waals surface area contributed by atoms with E-state index in [1.54, 1.807) is 35.0 Å². The van der Waals surface area contributed by atoms with Crippen molar-refractivity contribution in [2.75, 3.05) is 7.05 Å². The number of nitrogens with zero attached hydrogens (tertiary/aromatic N) is 3. The Hall–Kier alpha value is -2.37. The molecule has 1 aromatic carbocycles. The Bertz CT molecular complexity index is 579. The second kappa shape index (κ2) is 6.18. The van der Waals surface area contributed by atoms with Gasteiger partial charge in [0.25, 0.3) is 0 Å². The summed E-state index contributed by atoms with van der Waals surface area (Å²) >= 11 is 0. The highest BCUT2D eigenvalue weighted by atomic mass is 19.1. The van der Waals surface area contributed by atoms with E-state index < -0.39 is 0 Å². The van der Waals surface area contributed by atoms with E-state index >= 15 is 0 Å². The number of carbonyl (C=O) groups excluding carboxylic acids is 1. The summed E-state index contributed by atoms with van der Waals surface area (Å²) in [5.41, 5.74) is 1.82. The molecule has 2 aromatic rings. The predicted molar refractivity (Wildman–Crippen MR) is 73.3 cm³/mol. The predicted octanol–water partition coefficient (Wildman–Crippen LogP) is 1.90. The van der Waals surface area contributed by atoms with Gasteiger partial charge in [-0.3, -0.25) is 4.68 Å². The van der Waals surface area contributed by atoms with Crippen molar-refractivity contribution < 1.29 is 9.18 Å². The molecule has 2 amide bonds. The van der Waals surface area contributed by atoms with Crippen LogP contribution >= 0.6 is 0 Å². The molecule has 0 fully saturated rings. The van der Waals surface area contributed by atoms with E-state index in [4.69, 9.17) is 0 Å². The minimum Gasteiger partial charge on any atom is -0.334 e. The molecule has 0 atom stereocenters. The summed E-state index contributed by atoms with van der Waals surface area (Å²) in [6.07, 6.45) is 3.59. The second-order valence-corrected chi connectivity index (χ2v) is 4.66. The third kappa shape index (κ3) is 3.81. The summed E-state index contributed by atoms with van der Waals surface area (Å²) in [4.78, 5) is 13.5. The summed E-state index contributed by atoms with van der Waals surface area (Å²) < 4.78 is 14.4. The molecule has 0 bridgehead atoms. The monoisotopic (exact) mass is 276 g/mol. The van der Waals surface area contributed by atoms with Crippen molar-refractivity contribution in [3.63, 3.8) is 0 Å². The van der Waals surface area contributed by atoms with Gasteiger partial charge in [0.1, 0.15) is 5.82 Å². The third-order valence-electron chi connectivity index (χ3n) is 2.88. The molecule has 0 unspecified atom stereocenters. The standard InChI is InChI=1S/C14H17FN4O/c1-18(9-12-8-17-19(2)10-12)14(20)16-7-11-3-5-13(15)6-4-11/h3-6,8,10H,7,9H2,1-2H3,(H,16,20). The first kappa shape index (κ1) is 14.0. The zero-order valence-corrected chi connectivity index (χ0v) is 11.5. The van der Waals surface area contributed by atoms with Gasteiger partial charge in [0, 0.05) is 32.4 Å². The van der Waals surface area contributed by atoms with Crippen LogP contribution in [0.5, 0.6) is 0 Å². The lowest BCUT2D eigenvalue weighted by Gasteiger charge is -2.17. The lowest BCUT2D eigenvalue weighted by atomic mass is 10.2. The molecular formula is C14H17FN4O. The van der Waals surface area contributed by atoms with Crippen molar-refractivity contribution in [3.05, 3.63) is 53.6 Å². The Morgan fingerprint density at radius 1 is 1.35 bits per heavy atom. The van der Waals surface area contributed by atoms with Crippen LogP contribution < -0.4 is 5.32 Å².